The number of hydrogen-bond donors (Lipinski definition) is 2. The maximum absolute atomic E-state index is 12.8. The van der Waals surface area contributed by atoms with E-state index in [1.165, 1.54) is 28.6 Å². The lowest BCUT2D eigenvalue weighted by molar-refractivity contribution is -0.135. The number of piperidine rings is 1. The fourth-order valence-electron chi connectivity index (χ4n) is 2.75. The zero-order valence-corrected chi connectivity index (χ0v) is 14.7. The largest absolute Gasteiger partial charge is 0.477 e. The van der Waals surface area contributed by atoms with Gasteiger partial charge in [0.15, 0.2) is 0 Å². The van der Waals surface area contributed by atoms with Crippen LogP contribution in [0.3, 0.4) is 0 Å². The molecule has 1 aromatic rings. The molecule has 130 valence electrons. The summed E-state index contributed by atoms with van der Waals surface area (Å²) in [4.78, 5) is 16.3. The molecular formula is C14H14Cl2N2O5S. The van der Waals surface area contributed by atoms with E-state index in [1.54, 1.807) is 0 Å². The standard InChI is InChI=1S/C14H14Cl2N2O5S/c15-9-1-2-10(16)12(7-9)24(21,22)18-5-3-14(4-6-18)8-11(13(19)20)17-23-14/h1-2,7-8,17H,3-6H2,(H,19,20). The number of aliphatic carboxylic acids is 1. The number of rotatable bonds is 3. The highest BCUT2D eigenvalue weighted by atomic mass is 35.5. The van der Waals surface area contributed by atoms with E-state index in [0.717, 1.165) is 0 Å². The highest BCUT2D eigenvalue weighted by molar-refractivity contribution is 7.89. The van der Waals surface area contributed by atoms with E-state index in [9.17, 15) is 13.2 Å². The molecule has 2 heterocycles. The molecule has 0 atom stereocenters. The number of carboxylic acids is 1. The molecule has 2 aliphatic rings. The minimum atomic E-state index is -3.79. The summed E-state index contributed by atoms with van der Waals surface area (Å²) in [6.45, 7) is 0.354. The van der Waals surface area contributed by atoms with Crippen molar-refractivity contribution in [1.29, 1.82) is 0 Å². The van der Waals surface area contributed by atoms with Crippen molar-refractivity contribution in [2.45, 2.75) is 23.3 Å². The van der Waals surface area contributed by atoms with Crippen molar-refractivity contribution in [2.75, 3.05) is 13.1 Å². The van der Waals surface area contributed by atoms with Gasteiger partial charge in [-0.05, 0) is 37.1 Å². The van der Waals surface area contributed by atoms with Gasteiger partial charge in [0.25, 0.3) is 0 Å². The Morgan fingerprint density at radius 3 is 2.54 bits per heavy atom. The van der Waals surface area contributed by atoms with Gasteiger partial charge in [-0.3, -0.25) is 10.3 Å². The van der Waals surface area contributed by atoms with E-state index in [1.807, 2.05) is 0 Å². The minimum Gasteiger partial charge on any atom is -0.477 e. The molecule has 0 unspecified atom stereocenters. The average molecular weight is 393 g/mol. The summed E-state index contributed by atoms with van der Waals surface area (Å²) in [6, 6.07) is 4.28. The summed E-state index contributed by atoms with van der Waals surface area (Å²) in [5.74, 6) is -1.12. The highest BCUT2D eigenvalue weighted by Gasteiger charge is 2.43. The Morgan fingerprint density at radius 2 is 1.96 bits per heavy atom. The van der Waals surface area contributed by atoms with Gasteiger partial charge in [0.2, 0.25) is 10.0 Å². The Bertz CT molecular complexity index is 816. The van der Waals surface area contributed by atoms with Gasteiger partial charge in [-0.25, -0.2) is 13.2 Å². The van der Waals surface area contributed by atoms with Crippen molar-refractivity contribution in [2.24, 2.45) is 0 Å². The first-order valence-electron chi connectivity index (χ1n) is 7.09. The predicted molar refractivity (Wildman–Crippen MR) is 87.1 cm³/mol. The van der Waals surface area contributed by atoms with Crippen molar-refractivity contribution >= 4 is 39.2 Å². The quantitative estimate of drug-likeness (QED) is 0.816. The lowest BCUT2D eigenvalue weighted by Crippen LogP contribution is -2.46. The molecule has 3 rings (SSSR count). The molecule has 1 fully saturated rings. The van der Waals surface area contributed by atoms with Crippen LogP contribution in [0.1, 0.15) is 12.8 Å². The minimum absolute atomic E-state index is 0.0378. The second-order valence-electron chi connectivity index (χ2n) is 5.61. The lowest BCUT2D eigenvalue weighted by atomic mass is 9.92. The summed E-state index contributed by atoms with van der Waals surface area (Å²) in [5, 5.41) is 9.35. The maximum atomic E-state index is 12.8. The third-order valence-electron chi connectivity index (χ3n) is 4.08. The fraction of sp³-hybridized carbons (Fsp3) is 0.357. The summed E-state index contributed by atoms with van der Waals surface area (Å²) in [5.41, 5.74) is 1.53. The van der Waals surface area contributed by atoms with Gasteiger partial charge >= 0.3 is 5.97 Å². The van der Waals surface area contributed by atoms with Crippen LogP contribution < -0.4 is 5.48 Å². The van der Waals surface area contributed by atoms with Crippen LogP contribution in [-0.4, -0.2) is 42.5 Å². The summed E-state index contributed by atoms with van der Waals surface area (Å²) in [7, 11) is -3.79. The van der Waals surface area contributed by atoms with E-state index in [-0.39, 0.29) is 33.7 Å². The SMILES string of the molecule is O=C(O)C1=CC2(CCN(S(=O)(=O)c3cc(Cl)ccc3Cl)CC2)ON1. The van der Waals surface area contributed by atoms with Gasteiger partial charge in [0.1, 0.15) is 16.2 Å². The third-order valence-corrected chi connectivity index (χ3v) is 6.70. The number of nitrogens with one attached hydrogen (secondary N) is 1. The number of halogens is 2. The number of benzene rings is 1. The van der Waals surface area contributed by atoms with Gasteiger partial charge in [0.05, 0.1) is 5.02 Å². The molecule has 0 aliphatic carbocycles. The van der Waals surface area contributed by atoms with Crippen LogP contribution in [0, 0.1) is 0 Å². The molecule has 1 aromatic carbocycles. The average Bonchev–Trinajstić information content (AvgIpc) is 2.94. The molecule has 10 heteroatoms. The highest BCUT2D eigenvalue weighted by Crippen LogP contribution is 2.35. The van der Waals surface area contributed by atoms with Gasteiger partial charge in [-0.15, -0.1) is 0 Å². The van der Waals surface area contributed by atoms with Crippen LogP contribution in [0.15, 0.2) is 34.9 Å². The third kappa shape index (κ3) is 3.12. The van der Waals surface area contributed by atoms with Crippen LogP contribution in [0.4, 0.5) is 0 Å². The molecule has 0 bridgehead atoms. The number of nitrogens with zero attached hydrogens (tertiary/aromatic N) is 1. The van der Waals surface area contributed by atoms with E-state index in [2.05, 4.69) is 5.48 Å². The van der Waals surface area contributed by atoms with Crippen LogP contribution in [0.25, 0.3) is 0 Å². The van der Waals surface area contributed by atoms with Crippen LogP contribution >= 0.6 is 23.2 Å². The van der Waals surface area contributed by atoms with Crippen molar-refractivity contribution in [1.82, 2.24) is 9.79 Å². The molecule has 0 amide bonds. The van der Waals surface area contributed by atoms with Crippen molar-refractivity contribution < 1.29 is 23.2 Å². The molecule has 2 aliphatic heterocycles. The molecule has 2 N–H and O–H groups in total. The molecule has 0 saturated carbocycles. The monoisotopic (exact) mass is 392 g/mol. The predicted octanol–water partition coefficient (Wildman–Crippen LogP) is 2.02. The van der Waals surface area contributed by atoms with Crippen LogP contribution in [0.2, 0.25) is 10.0 Å². The zero-order chi connectivity index (χ0) is 17.5. The first-order valence-corrected chi connectivity index (χ1v) is 9.28. The molecule has 0 aromatic heterocycles. The molecule has 7 nitrogen and oxygen atoms in total. The number of sulfonamides is 1. The summed E-state index contributed by atoms with van der Waals surface area (Å²) in [6.07, 6.45) is 2.15. The Kier molecular flexibility index (Phi) is 4.52. The van der Waals surface area contributed by atoms with E-state index in [0.29, 0.717) is 12.8 Å². The molecule has 24 heavy (non-hydrogen) atoms. The van der Waals surface area contributed by atoms with Crippen LogP contribution in [-0.2, 0) is 19.7 Å². The Balaban J connectivity index is 1.80. The Labute approximate surface area is 148 Å². The molecule has 1 spiro atoms. The number of carboxylic acid groups (broad SMARTS) is 1. The van der Waals surface area contributed by atoms with E-state index < -0.39 is 21.6 Å². The van der Waals surface area contributed by atoms with E-state index in [4.69, 9.17) is 33.1 Å². The fourth-order valence-corrected chi connectivity index (χ4v) is 4.93. The van der Waals surface area contributed by atoms with Crippen LogP contribution in [0.5, 0.6) is 0 Å². The second kappa shape index (κ2) is 6.20. The first kappa shape index (κ1) is 17.5. The van der Waals surface area contributed by atoms with Gasteiger partial charge in [-0.2, -0.15) is 4.31 Å². The first-order chi connectivity index (χ1) is 11.2. The number of carbonyl (C=O) groups is 1. The maximum Gasteiger partial charge on any atom is 0.354 e. The smallest absolute Gasteiger partial charge is 0.354 e. The van der Waals surface area contributed by atoms with Gasteiger partial charge in [0, 0.05) is 18.1 Å². The summed E-state index contributed by atoms with van der Waals surface area (Å²) >= 11 is 11.9. The zero-order valence-electron chi connectivity index (χ0n) is 12.3. The number of hydrogen-bond acceptors (Lipinski definition) is 5. The Hall–Kier alpha value is -1.32. The van der Waals surface area contributed by atoms with E-state index >= 15 is 0 Å². The normalized spacial score (nSPS) is 20.7. The molecule has 1 saturated heterocycles. The Morgan fingerprint density at radius 1 is 1.29 bits per heavy atom. The number of hydroxylamine groups is 1. The second-order valence-corrected chi connectivity index (χ2v) is 8.36. The topological polar surface area (TPSA) is 95.9 Å². The van der Waals surface area contributed by atoms with Crippen molar-refractivity contribution in [3.8, 4) is 0 Å². The lowest BCUT2D eigenvalue weighted by Gasteiger charge is -2.36. The molecular weight excluding hydrogens is 379 g/mol. The van der Waals surface area contributed by atoms with Gasteiger partial charge < -0.3 is 5.11 Å². The summed E-state index contributed by atoms with van der Waals surface area (Å²) < 4.78 is 26.8. The van der Waals surface area contributed by atoms with Crippen molar-refractivity contribution in [3.05, 3.63) is 40.0 Å². The molecule has 0 radical (unpaired) electrons. The van der Waals surface area contributed by atoms with Gasteiger partial charge in [-0.1, -0.05) is 23.2 Å². The van der Waals surface area contributed by atoms with Crippen molar-refractivity contribution in [3.63, 3.8) is 0 Å².